The van der Waals surface area contributed by atoms with Crippen LogP contribution in [0.2, 0.25) is 0 Å². The third-order valence-corrected chi connectivity index (χ3v) is 5.04. The van der Waals surface area contributed by atoms with Gasteiger partial charge < -0.3 is 9.30 Å². The third kappa shape index (κ3) is 3.64. The minimum absolute atomic E-state index is 0.219. The molecule has 0 bridgehead atoms. The van der Waals surface area contributed by atoms with Crippen molar-refractivity contribution in [3.8, 4) is 5.75 Å². The molecular formula is C19H19FN2O2S. The second kappa shape index (κ2) is 7.19. The van der Waals surface area contributed by atoms with Crippen molar-refractivity contribution in [3.63, 3.8) is 0 Å². The number of aromatic nitrogens is 1. The van der Waals surface area contributed by atoms with Gasteiger partial charge in [-0.25, -0.2) is 4.39 Å². The summed E-state index contributed by atoms with van der Waals surface area (Å²) in [5.41, 5.74) is 2.76. The Balaban J connectivity index is 1.93. The Bertz CT molecular complexity index is 1000. The molecule has 130 valence electrons. The van der Waals surface area contributed by atoms with Gasteiger partial charge in [0, 0.05) is 6.54 Å². The van der Waals surface area contributed by atoms with E-state index in [-0.39, 0.29) is 18.1 Å². The highest BCUT2D eigenvalue weighted by atomic mass is 32.1. The lowest BCUT2D eigenvalue weighted by atomic mass is 10.1. The van der Waals surface area contributed by atoms with Gasteiger partial charge in [-0.2, -0.15) is 4.99 Å². The maximum atomic E-state index is 13.4. The Morgan fingerprint density at radius 3 is 2.76 bits per heavy atom. The van der Waals surface area contributed by atoms with Crippen molar-refractivity contribution in [3.05, 3.63) is 58.1 Å². The summed E-state index contributed by atoms with van der Waals surface area (Å²) in [4.78, 5) is 17.2. The van der Waals surface area contributed by atoms with Gasteiger partial charge in [-0.1, -0.05) is 23.5 Å². The zero-order valence-electron chi connectivity index (χ0n) is 14.4. The van der Waals surface area contributed by atoms with Crippen LogP contribution < -0.4 is 9.54 Å². The summed E-state index contributed by atoms with van der Waals surface area (Å²) in [6.07, 6.45) is 0.219. The third-order valence-electron chi connectivity index (χ3n) is 4.00. The van der Waals surface area contributed by atoms with E-state index in [2.05, 4.69) is 4.99 Å². The molecule has 25 heavy (non-hydrogen) atoms. The van der Waals surface area contributed by atoms with Crippen molar-refractivity contribution < 1.29 is 13.9 Å². The van der Waals surface area contributed by atoms with Crippen LogP contribution in [0.25, 0.3) is 10.2 Å². The number of carbonyl (C=O) groups is 1. The fourth-order valence-electron chi connectivity index (χ4n) is 2.81. The second-order valence-electron chi connectivity index (χ2n) is 5.73. The highest BCUT2D eigenvalue weighted by molar-refractivity contribution is 7.16. The Labute approximate surface area is 149 Å². The van der Waals surface area contributed by atoms with Crippen LogP contribution in [0.1, 0.15) is 18.1 Å². The lowest BCUT2D eigenvalue weighted by Crippen LogP contribution is -2.16. The minimum atomic E-state index is -0.288. The van der Waals surface area contributed by atoms with Crippen LogP contribution in [-0.4, -0.2) is 17.6 Å². The van der Waals surface area contributed by atoms with E-state index in [0.29, 0.717) is 11.3 Å². The zero-order chi connectivity index (χ0) is 18.0. The first kappa shape index (κ1) is 17.4. The van der Waals surface area contributed by atoms with Gasteiger partial charge in [0.2, 0.25) is 0 Å². The van der Waals surface area contributed by atoms with E-state index in [1.807, 2.05) is 36.6 Å². The van der Waals surface area contributed by atoms with E-state index in [4.69, 9.17) is 4.74 Å². The van der Waals surface area contributed by atoms with Crippen LogP contribution >= 0.6 is 11.3 Å². The first-order valence-corrected chi connectivity index (χ1v) is 8.83. The van der Waals surface area contributed by atoms with E-state index in [1.165, 1.54) is 23.5 Å². The van der Waals surface area contributed by atoms with E-state index in [9.17, 15) is 9.18 Å². The summed E-state index contributed by atoms with van der Waals surface area (Å²) in [7, 11) is 1.62. The van der Waals surface area contributed by atoms with E-state index >= 15 is 0 Å². The van der Waals surface area contributed by atoms with Gasteiger partial charge in [0.15, 0.2) is 4.80 Å². The largest absolute Gasteiger partial charge is 0.496 e. The standard InChI is InChI=1S/C19H19FN2O2S/c1-4-22-15-7-6-14(20)11-17(15)25-19(22)21-18(23)10-13-5-8-16(24-3)12(2)9-13/h5-9,11H,4,10H2,1-3H3. The summed E-state index contributed by atoms with van der Waals surface area (Å²) in [5.74, 6) is 0.283. The maximum absolute atomic E-state index is 13.4. The van der Waals surface area contributed by atoms with Gasteiger partial charge in [-0.05, 0) is 49.2 Å². The molecule has 0 atom stereocenters. The topological polar surface area (TPSA) is 43.6 Å². The molecule has 1 aromatic heterocycles. The number of benzene rings is 2. The van der Waals surface area contributed by atoms with E-state index in [1.54, 1.807) is 13.2 Å². The van der Waals surface area contributed by atoms with Crippen molar-refractivity contribution >= 4 is 27.5 Å². The Morgan fingerprint density at radius 2 is 2.08 bits per heavy atom. The number of nitrogens with zero attached hydrogens (tertiary/aromatic N) is 2. The molecule has 0 aliphatic rings. The number of carbonyl (C=O) groups excluding carboxylic acids is 1. The van der Waals surface area contributed by atoms with E-state index < -0.39 is 0 Å². The predicted molar refractivity (Wildman–Crippen MR) is 97.5 cm³/mol. The molecule has 0 fully saturated rings. The number of methoxy groups -OCH3 is 1. The lowest BCUT2D eigenvalue weighted by Gasteiger charge is -2.06. The summed E-state index contributed by atoms with van der Waals surface area (Å²) < 4.78 is 21.4. The number of halogens is 1. The van der Waals surface area contributed by atoms with Crippen LogP contribution in [0.5, 0.6) is 5.75 Å². The number of hydrogen-bond donors (Lipinski definition) is 0. The minimum Gasteiger partial charge on any atom is -0.496 e. The molecule has 1 amide bonds. The van der Waals surface area contributed by atoms with Crippen LogP contribution in [0.15, 0.2) is 41.4 Å². The molecular weight excluding hydrogens is 339 g/mol. The van der Waals surface area contributed by atoms with Crippen molar-refractivity contribution in [2.45, 2.75) is 26.8 Å². The van der Waals surface area contributed by atoms with Crippen molar-refractivity contribution in [1.29, 1.82) is 0 Å². The van der Waals surface area contributed by atoms with Gasteiger partial charge in [0.25, 0.3) is 5.91 Å². The van der Waals surface area contributed by atoms with Gasteiger partial charge in [-0.3, -0.25) is 4.79 Å². The first-order valence-electron chi connectivity index (χ1n) is 8.01. The Kier molecular flexibility index (Phi) is 4.99. The molecule has 3 aromatic rings. The SMILES string of the molecule is CCn1c(=NC(=O)Cc2ccc(OC)c(C)c2)sc2cc(F)ccc21. The maximum Gasteiger partial charge on any atom is 0.252 e. The molecule has 1 heterocycles. The quantitative estimate of drug-likeness (QED) is 0.711. The summed E-state index contributed by atoms with van der Waals surface area (Å²) in [6, 6.07) is 10.3. The molecule has 4 nitrogen and oxygen atoms in total. The van der Waals surface area contributed by atoms with Crippen LogP contribution in [0, 0.1) is 12.7 Å². The Morgan fingerprint density at radius 1 is 1.28 bits per heavy atom. The zero-order valence-corrected chi connectivity index (χ0v) is 15.2. The van der Waals surface area contributed by atoms with Crippen molar-refractivity contribution in [2.24, 2.45) is 4.99 Å². The van der Waals surface area contributed by atoms with Gasteiger partial charge >= 0.3 is 0 Å². The van der Waals surface area contributed by atoms with E-state index in [0.717, 1.165) is 27.1 Å². The fourth-order valence-corrected chi connectivity index (χ4v) is 3.95. The average Bonchev–Trinajstić information content (AvgIpc) is 2.90. The number of hydrogen-bond acceptors (Lipinski definition) is 3. The monoisotopic (exact) mass is 358 g/mol. The number of thiazole rings is 1. The van der Waals surface area contributed by atoms with Gasteiger partial charge in [0.05, 0.1) is 23.7 Å². The number of ether oxygens (including phenoxy) is 1. The normalized spacial score (nSPS) is 11.9. The Hall–Kier alpha value is -2.47. The number of amides is 1. The van der Waals surface area contributed by atoms with Gasteiger partial charge in [-0.15, -0.1) is 0 Å². The molecule has 0 saturated heterocycles. The predicted octanol–water partition coefficient (Wildman–Crippen LogP) is 3.85. The molecule has 6 heteroatoms. The van der Waals surface area contributed by atoms with Crippen LogP contribution in [0.3, 0.4) is 0 Å². The molecule has 0 aliphatic carbocycles. The van der Waals surface area contributed by atoms with Crippen molar-refractivity contribution in [1.82, 2.24) is 4.57 Å². The van der Waals surface area contributed by atoms with Crippen molar-refractivity contribution in [2.75, 3.05) is 7.11 Å². The summed E-state index contributed by atoms with van der Waals surface area (Å²) in [6.45, 7) is 4.58. The molecule has 0 saturated carbocycles. The molecule has 0 radical (unpaired) electrons. The molecule has 0 unspecified atom stereocenters. The smallest absolute Gasteiger partial charge is 0.252 e. The number of fused-ring (bicyclic) bond motifs is 1. The van der Waals surface area contributed by atoms with Crippen LogP contribution in [0.4, 0.5) is 4.39 Å². The van der Waals surface area contributed by atoms with Gasteiger partial charge in [0.1, 0.15) is 11.6 Å². The molecule has 2 aromatic carbocycles. The number of rotatable bonds is 4. The molecule has 0 N–H and O–H groups in total. The average molecular weight is 358 g/mol. The highest BCUT2D eigenvalue weighted by Crippen LogP contribution is 2.20. The first-order chi connectivity index (χ1) is 12.0. The second-order valence-corrected chi connectivity index (χ2v) is 6.74. The molecule has 0 spiro atoms. The summed E-state index contributed by atoms with van der Waals surface area (Å²) in [5, 5.41) is 0. The molecule has 3 rings (SSSR count). The fraction of sp³-hybridized carbons (Fsp3) is 0.263. The summed E-state index contributed by atoms with van der Waals surface area (Å²) >= 11 is 1.33. The lowest BCUT2D eigenvalue weighted by molar-refractivity contribution is -0.117. The van der Waals surface area contributed by atoms with Crippen LogP contribution in [-0.2, 0) is 17.8 Å². The highest BCUT2D eigenvalue weighted by Gasteiger charge is 2.09. The molecule has 0 aliphatic heterocycles. The number of aryl methyl sites for hydroxylation is 2.